The van der Waals surface area contributed by atoms with Crippen LogP contribution >= 0.6 is 0 Å². The van der Waals surface area contributed by atoms with E-state index < -0.39 is 0 Å². The molecule has 1 N–H and O–H groups in total. The zero-order valence-electron chi connectivity index (χ0n) is 13.3. The second-order valence-electron chi connectivity index (χ2n) is 5.37. The first-order chi connectivity index (χ1) is 11.7. The zero-order valence-corrected chi connectivity index (χ0v) is 13.3. The summed E-state index contributed by atoms with van der Waals surface area (Å²) < 4.78 is 7.40. The molecule has 0 bridgehead atoms. The van der Waals surface area contributed by atoms with Crippen molar-refractivity contribution in [3.05, 3.63) is 72.9 Å². The molecule has 0 aliphatic heterocycles. The Labute approximate surface area is 140 Å². The number of amides is 1. The molecular weight excluding hydrogens is 304 g/mol. The van der Waals surface area contributed by atoms with Gasteiger partial charge in [-0.05, 0) is 31.2 Å². The van der Waals surface area contributed by atoms with Gasteiger partial charge in [0.25, 0.3) is 5.91 Å². The average Bonchev–Trinajstić information content (AvgIpc) is 3.16. The fraction of sp³-hybridized carbons (Fsp3) is 0.167. The predicted molar refractivity (Wildman–Crippen MR) is 90.2 cm³/mol. The van der Waals surface area contributed by atoms with E-state index in [2.05, 4.69) is 15.3 Å². The van der Waals surface area contributed by atoms with Gasteiger partial charge in [-0.2, -0.15) is 0 Å². The fourth-order valence-electron chi connectivity index (χ4n) is 2.18. The number of imidazole rings is 1. The molecule has 0 saturated heterocycles. The highest BCUT2D eigenvalue weighted by Crippen LogP contribution is 2.09. The predicted octanol–water partition coefficient (Wildman–Crippen LogP) is 2.46. The third kappa shape index (κ3) is 3.98. The quantitative estimate of drug-likeness (QED) is 0.757. The molecule has 0 spiro atoms. The summed E-state index contributed by atoms with van der Waals surface area (Å²) in [6, 6.07) is 12.8. The van der Waals surface area contributed by atoms with E-state index in [4.69, 9.17) is 4.74 Å². The first kappa shape index (κ1) is 15.7. The van der Waals surface area contributed by atoms with Gasteiger partial charge in [0, 0.05) is 24.2 Å². The van der Waals surface area contributed by atoms with Crippen molar-refractivity contribution in [2.24, 2.45) is 0 Å². The van der Waals surface area contributed by atoms with Crippen molar-refractivity contribution < 1.29 is 9.53 Å². The highest BCUT2D eigenvalue weighted by atomic mass is 16.5. The minimum Gasteiger partial charge on any atom is -0.491 e. The number of para-hydroxylation sites is 1. The Kier molecular flexibility index (Phi) is 4.86. The van der Waals surface area contributed by atoms with Crippen LogP contribution in [0.3, 0.4) is 0 Å². The summed E-state index contributed by atoms with van der Waals surface area (Å²) in [5.41, 5.74) is 0.542. The van der Waals surface area contributed by atoms with Gasteiger partial charge < -0.3 is 10.1 Å². The highest BCUT2D eigenvalue weighted by molar-refractivity contribution is 5.94. The molecule has 6 nitrogen and oxygen atoms in total. The van der Waals surface area contributed by atoms with Gasteiger partial charge in [-0.3, -0.25) is 9.36 Å². The lowest BCUT2D eigenvalue weighted by Gasteiger charge is -2.15. The van der Waals surface area contributed by atoms with Crippen LogP contribution in [0.4, 0.5) is 0 Å². The molecule has 2 aromatic heterocycles. The van der Waals surface area contributed by atoms with Gasteiger partial charge in [0.05, 0.1) is 6.04 Å². The van der Waals surface area contributed by atoms with Gasteiger partial charge in [0.1, 0.15) is 24.5 Å². The lowest BCUT2D eigenvalue weighted by atomic mass is 10.2. The summed E-state index contributed by atoms with van der Waals surface area (Å²) in [6.45, 7) is 2.30. The lowest BCUT2D eigenvalue weighted by molar-refractivity contribution is 0.0926. The van der Waals surface area contributed by atoms with Crippen molar-refractivity contribution in [3.63, 3.8) is 0 Å². The molecule has 1 unspecified atom stereocenters. The van der Waals surface area contributed by atoms with Crippen LogP contribution in [0.5, 0.6) is 5.75 Å². The van der Waals surface area contributed by atoms with Crippen molar-refractivity contribution in [1.29, 1.82) is 0 Å². The van der Waals surface area contributed by atoms with E-state index in [9.17, 15) is 4.79 Å². The Bertz CT molecular complexity index is 788. The number of ether oxygens (including phenoxy) is 1. The Hall–Kier alpha value is -3.15. The third-order valence-corrected chi connectivity index (χ3v) is 3.40. The molecule has 0 saturated carbocycles. The number of hydrogen-bond donors (Lipinski definition) is 1. The van der Waals surface area contributed by atoms with Crippen molar-refractivity contribution in [3.8, 4) is 11.6 Å². The van der Waals surface area contributed by atoms with Crippen LogP contribution in [-0.4, -0.2) is 33.1 Å². The van der Waals surface area contributed by atoms with Crippen LogP contribution in [0.1, 0.15) is 17.3 Å². The number of nitrogens with zero attached hydrogens (tertiary/aromatic N) is 3. The Balaban J connectivity index is 1.59. The van der Waals surface area contributed by atoms with E-state index in [1.54, 1.807) is 41.6 Å². The third-order valence-electron chi connectivity index (χ3n) is 3.40. The first-order valence-electron chi connectivity index (χ1n) is 7.65. The van der Waals surface area contributed by atoms with Crippen molar-refractivity contribution in [2.45, 2.75) is 13.0 Å². The van der Waals surface area contributed by atoms with E-state index in [0.29, 0.717) is 18.0 Å². The van der Waals surface area contributed by atoms with E-state index in [-0.39, 0.29) is 11.9 Å². The Morgan fingerprint density at radius 1 is 1.25 bits per heavy atom. The Morgan fingerprint density at radius 2 is 2.08 bits per heavy atom. The maximum atomic E-state index is 12.4. The van der Waals surface area contributed by atoms with Gasteiger partial charge >= 0.3 is 0 Å². The molecule has 0 radical (unpaired) electrons. The monoisotopic (exact) mass is 322 g/mol. The molecule has 2 heterocycles. The molecule has 6 heteroatoms. The number of pyridine rings is 1. The highest BCUT2D eigenvalue weighted by Gasteiger charge is 2.11. The standard InChI is InChI=1S/C18H18N4O2/c1-14(12-24-16-5-3-2-4-6-16)21-18(23)15-7-8-20-17(11-15)22-10-9-19-13-22/h2-11,13-14H,12H2,1H3,(H,21,23). The molecule has 0 aliphatic rings. The van der Waals surface area contributed by atoms with Crippen molar-refractivity contribution in [1.82, 2.24) is 19.9 Å². The summed E-state index contributed by atoms with van der Waals surface area (Å²) >= 11 is 0. The Morgan fingerprint density at radius 3 is 2.83 bits per heavy atom. The second-order valence-corrected chi connectivity index (χ2v) is 5.37. The van der Waals surface area contributed by atoms with Crippen molar-refractivity contribution in [2.75, 3.05) is 6.61 Å². The van der Waals surface area contributed by atoms with E-state index in [0.717, 1.165) is 5.75 Å². The van der Waals surface area contributed by atoms with Crippen molar-refractivity contribution >= 4 is 5.91 Å². The van der Waals surface area contributed by atoms with Crippen LogP contribution in [0.25, 0.3) is 5.82 Å². The molecule has 0 aliphatic carbocycles. The summed E-state index contributed by atoms with van der Waals surface area (Å²) in [5, 5.41) is 2.92. The molecule has 3 rings (SSSR count). The van der Waals surface area contributed by atoms with Crippen LogP contribution < -0.4 is 10.1 Å². The smallest absolute Gasteiger partial charge is 0.251 e. The lowest BCUT2D eigenvalue weighted by Crippen LogP contribution is -2.36. The zero-order chi connectivity index (χ0) is 16.8. The van der Waals surface area contributed by atoms with Gasteiger partial charge in [-0.15, -0.1) is 0 Å². The van der Waals surface area contributed by atoms with Gasteiger partial charge in [0.15, 0.2) is 0 Å². The minimum absolute atomic E-state index is 0.123. The summed E-state index contributed by atoms with van der Waals surface area (Å²) in [7, 11) is 0. The molecule has 0 fully saturated rings. The van der Waals surface area contributed by atoms with Crippen LogP contribution in [0.15, 0.2) is 67.4 Å². The molecule has 1 amide bonds. The van der Waals surface area contributed by atoms with E-state index in [1.165, 1.54) is 0 Å². The SMILES string of the molecule is CC(COc1ccccc1)NC(=O)c1ccnc(-n2ccnc2)c1. The number of carbonyl (C=O) groups is 1. The minimum atomic E-state index is -0.164. The average molecular weight is 322 g/mol. The molecular formula is C18H18N4O2. The molecule has 122 valence electrons. The van der Waals surface area contributed by atoms with E-state index >= 15 is 0 Å². The molecule has 1 atom stereocenters. The van der Waals surface area contributed by atoms with Crippen LogP contribution in [0, 0.1) is 0 Å². The summed E-state index contributed by atoms with van der Waals surface area (Å²) in [6.07, 6.45) is 6.69. The maximum absolute atomic E-state index is 12.4. The number of aromatic nitrogens is 3. The summed E-state index contributed by atoms with van der Waals surface area (Å²) in [5.74, 6) is 1.26. The van der Waals surface area contributed by atoms with Gasteiger partial charge in [0.2, 0.25) is 0 Å². The largest absolute Gasteiger partial charge is 0.491 e. The summed E-state index contributed by atoms with van der Waals surface area (Å²) in [4.78, 5) is 20.6. The molecule has 1 aromatic carbocycles. The van der Waals surface area contributed by atoms with Gasteiger partial charge in [-0.25, -0.2) is 9.97 Å². The maximum Gasteiger partial charge on any atom is 0.251 e. The number of hydrogen-bond acceptors (Lipinski definition) is 4. The van der Waals surface area contributed by atoms with Gasteiger partial charge in [-0.1, -0.05) is 18.2 Å². The number of carbonyl (C=O) groups excluding carboxylic acids is 1. The fourth-order valence-corrected chi connectivity index (χ4v) is 2.18. The van der Waals surface area contributed by atoms with Crippen LogP contribution in [-0.2, 0) is 0 Å². The van der Waals surface area contributed by atoms with E-state index in [1.807, 2.05) is 37.3 Å². The van der Waals surface area contributed by atoms with Crippen LogP contribution in [0.2, 0.25) is 0 Å². The number of rotatable bonds is 6. The first-order valence-corrected chi connectivity index (χ1v) is 7.65. The topological polar surface area (TPSA) is 69.0 Å². The number of benzene rings is 1. The second kappa shape index (κ2) is 7.41. The molecule has 24 heavy (non-hydrogen) atoms. The number of nitrogens with one attached hydrogen (secondary N) is 1. The normalized spacial score (nSPS) is 11.7. The molecule has 3 aromatic rings.